The van der Waals surface area contributed by atoms with Crippen LogP contribution in [0.15, 0.2) is 52.0 Å². The van der Waals surface area contributed by atoms with Gasteiger partial charge < -0.3 is 5.32 Å². The molecule has 0 fully saturated rings. The number of carbonyl (C=O) groups is 1. The van der Waals surface area contributed by atoms with Gasteiger partial charge in [0, 0.05) is 9.50 Å². The summed E-state index contributed by atoms with van der Waals surface area (Å²) in [6.45, 7) is 1.84. The third kappa shape index (κ3) is 3.49. The van der Waals surface area contributed by atoms with Crippen LogP contribution in [0, 0.1) is 6.92 Å². The van der Waals surface area contributed by atoms with Crippen LogP contribution in [0.25, 0.3) is 10.9 Å². The summed E-state index contributed by atoms with van der Waals surface area (Å²) in [5.41, 5.74) is 1.95. The summed E-state index contributed by atoms with van der Waals surface area (Å²) < 4.78 is 2.06. The molecule has 3 rings (SSSR count). The Kier molecular flexibility index (Phi) is 4.69. The third-order valence-electron chi connectivity index (χ3n) is 3.50. The lowest BCUT2D eigenvalue weighted by Crippen LogP contribution is -2.28. The zero-order chi connectivity index (χ0) is 17.3. The average molecular weight is 407 g/mol. The predicted molar refractivity (Wildman–Crippen MR) is 98.5 cm³/mol. The van der Waals surface area contributed by atoms with E-state index in [4.69, 9.17) is 11.6 Å². The van der Waals surface area contributed by atoms with Gasteiger partial charge in [-0.15, -0.1) is 0 Å². The number of anilines is 1. The molecule has 122 valence electrons. The van der Waals surface area contributed by atoms with E-state index < -0.39 is 0 Å². The van der Waals surface area contributed by atoms with Gasteiger partial charge in [0.25, 0.3) is 5.56 Å². The van der Waals surface area contributed by atoms with Crippen LogP contribution in [0.3, 0.4) is 0 Å². The van der Waals surface area contributed by atoms with E-state index in [2.05, 4.69) is 26.2 Å². The number of rotatable bonds is 3. The zero-order valence-electron chi connectivity index (χ0n) is 12.7. The van der Waals surface area contributed by atoms with Crippen LogP contribution in [0.2, 0.25) is 5.02 Å². The quantitative estimate of drug-likeness (QED) is 0.720. The average Bonchev–Trinajstić information content (AvgIpc) is 2.53. The van der Waals surface area contributed by atoms with Crippen LogP contribution in [-0.4, -0.2) is 15.5 Å². The standard InChI is InChI=1S/C17H13BrClN3O2/c1-10-2-5-14(13(18)6-10)21-16(23)8-22-9-20-15-7-11(19)3-4-12(15)17(22)24/h2-7,9H,8H2,1H3,(H,21,23). The first kappa shape index (κ1) is 16.7. The molecule has 1 amide bonds. The molecule has 0 aliphatic heterocycles. The van der Waals surface area contributed by atoms with E-state index in [1.54, 1.807) is 24.3 Å². The van der Waals surface area contributed by atoms with Gasteiger partial charge in [-0.2, -0.15) is 0 Å². The van der Waals surface area contributed by atoms with Crippen molar-refractivity contribution in [1.82, 2.24) is 9.55 Å². The summed E-state index contributed by atoms with van der Waals surface area (Å²) in [5, 5.41) is 3.71. The van der Waals surface area contributed by atoms with Gasteiger partial charge in [-0.1, -0.05) is 17.7 Å². The fraction of sp³-hybridized carbons (Fsp3) is 0.118. The van der Waals surface area contributed by atoms with Gasteiger partial charge in [0.1, 0.15) is 6.54 Å². The fourth-order valence-electron chi connectivity index (χ4n) is 2.31. The number of fused-ring (bicyclic) bond motifs is 1. The maximum atomic E-state index is 12.4. The van der Waals surface area contributed by atoms with E-state index in [9.17, 15) is 9.59 Å². The Labute approximate surface area is 151 Å². The van der Waals surface area contributed by atoms with Gasteiger partial charge in [-0.25, -0.2) is 4.98 Å². The van der Waals surface area contributed by atoms with E-state index in [1.807, 2.05) is 19.1 Å². The first-order valence-electron chi connectivity index (χ1n) is 7.15. The second kappa shape index (κ2) is 6.75. The monoisotopic (exact) mass is 405 g/mol. The number of halogens is 2. The first-order chi connectivity index (χ1) is 11.4. The number of aryl methyl sites for hydroxylation is 1. The largest absolute Gasteiger partial charge is 0.324 e. The second-order valence-electron chi connectivity index (χ2n) is 5.37. The highest BCUT2D eigenvalue weighted by atomic mass is 79.9. The van der Waals surface area contributed by atoms with Crippen LogP contribution in [0.5, 0.6) is 0 Å². The number of hydrogen-bond donors (Lipinski definition) is 1. The number of aromatic nitrogens is 2. The van der Waals surface area contributed by atoms with Crippen LogP contribution >= 0.6 is 27.5 Å². The lowest BCUT2D eigenvalue weighted by molar-refractivity contribution is -0.116. The van der Waals surface area contributed by atoms with Crippen molar-refractivity contribution in [2.75, 3.05) is 5.32 Å². The molecule has 24 heavy (non-hydrogen) atoms. The third-order valence-corrected chi connectivity index (χ3v) is 4.39. The van der Waals surface area contributed by atoms with Crippen molar-refractivity contribution < 1.29 is 4.79 Å². The SMILES string of the molecule is Cc1ccc(NC(=O)Cn2cnc3cc(Cl)ccc3c2=O)c(Br)c1. The molecule has 1 heterocycles. The van der Waals surface area contributed by atoms with Gasteiger partial charge in [-0.05, 0) is 58.7 Å². The number of nitrogens with zero attached hydrogens (tertiary/aromatic N) is 2. The zero-order valence-corrected chi connectivity index (χ0v) is 15.1. The molecule has 3 aromatic rings. The molecule has 5 nitrogen and oxygen atoms in total. The Balaban J connectivity index is 1.84. The molecule has 0 saturated heterocycles. The van der Waals surface area contributed by atoms with Crippen LogP contribution in [0.4, 0.5) is 5.69 Å². The Morgan fingerprint density at radius 3 is 2.83 bits per heavy atom. The molecule has 2 aromatic carbocycles. The molecular formula is C17H13BrClN3O2. The van der Waals surface area contributed by atoms with Crippen molar-refractivity contribution >= 4 is 50.0 Å². The Morgan fingerprint density at radius 2 is 2.08 bits per heavy atom. The van der Waals surface area contributed by atoms with Crippen molar-refractivity contribution in [3.63, 3.8) is 0 Å². The van der Waals surface area contributed by atoms with Crippen molar-refractivity contribution in [2.24, 2.45) is 0 Å². The molecule has 0 spiro atoms. The van der Waals surface area contributed by atoms with Crippen molar-refractivity contribution in [3.05, 3.63) is 68.1 Å². The number of nitrogens with one attached hydrogen (secondary N) is 1. The van der Waals surface area contributed by atoms with Crippen LogP contribution in [0.1, 0.15) is 5.56 Å². The molecule has 0 aliphatic carbocycles. The summed E-state index contributed by atoms with van der Waals surface area (Å²) in [7, 11) is 0. The van der Waals surface area contributed by atoms with Crippen LogP contribution < -0.4 is 10.9 Å². The van der Waals surface area contributed by atoms with E-state index >= 15 is 0 Å². The number of hydrogen-bond acceptors (Lipinski definition) is 3. The lowest BCUT2D eigenvalue weighted by Gasteiger charge is -2.10. The Hall–Kier alpha value is -2.18. The Bertz CT molecular complexity index is 1000. The van der Waals surface area contributed by atoms with Crippen molar-refractivity contribution in [2.45, 2.75) is 13.5 Å². The second-order valence-corrected chi connectivity index (χ2v) is 6.66. The molecule has 0 radical (unpaired) electrons. The topological polar surface area (TPSA) is 64.0 Å². The number of carbonyl (C=O) groups excluding carboxylic acids is 1. The highest BCUT2D eigenvalue weighted by Gasteiger charge is 2.10. The molecule has 1 aromatic heterocycles. The lowest BCUT2D eigenvalue weighted by atomic mass is 10.2. The molecule has 0 atom stereocenters. The van der Waals surface area contributed by atoms with Crippen molar-refractivity contribution in [1.29, 1.82) is 0 Å². The first-order valence-corrected chi connectivity index (χ1v) is 8.32. The maximum absolute atomic E-state index is 12.4. The van der Waals surface area contributed by atoms with E-state index in [1.165, 1.54) is 10.9 Å². The molecule has 0 unspecified atom stereocenters. The maximum Gasteiger partial charge on any atom is 0.261 e. The Morgan fingerprint density at radius 1 is 1.29 bits per heavy atom. The summed E-state index contributed by atoms with van der Waals surface area (Å²) >= 11 is 9.30. The molecule has 1 N–H and O–H groups in total. The highest BCUT2D eigenvalue weighted by molar-refractivity contribution is 9.10. The highest BCUT2D eigenvalue weighted by Crippen LogP contribution is 2.23. The summed E-state index contributed by atoms with van der Waals surface area (Å²) in [5.74, 6) is -0.309. The van der Waals surface area contributed by atoms with Gasteiger partial charge in [-0.3, -0.25) is 14.2 Å². The van der Waals surface area contributed by atoms with Crippen molar-refractivity contribution in [3.8, 4) is 0 Å². The minimum absolute atomic E-state index is 0.120. The molecule has 7 heteroatoms. The fourth-order valence-corrected chi connectivity index (χ4v) is 3.07. The molecule has 0 bridgehead atoms. The summed E-state index contributed by atoms with van der Waals surface area (Å²) in [6.07, 6.45) is 1.35. The van der Waals surface area contributed by atoms with E-state index in [0.29, 0.717) is 21.6 Å². The van der Waals surface area contributed by atoms with E-state index in [0.717, 1.165) is 10.0 Å². The summed E-state index contributed by atoms with van der Waals surface area (Å²) in [4.78, 5) is 28.8. The van der Waals surface area contributed by atoms with Gasteiger partial charge >= 0.3 is 0 Å². The predicted octanol–water partition coefficient (Wildman–Crippen LogP) is 3.76. The molecule has 0 aliphatic rings. The normalized spacial score (nSPS) is 10.8. The summed E-state index contributed by atoms with van der Waals surface area (Å²) in [6, 6.07) is 10.5. The van der Waals surface area contributed by atoms with E-state index in [-0.39, 0.29) is 18.0 Å². The van der Waals surface area contributed by atoms with Gasteiger partial charge in [0.15, 0.2) is 0 Å². The van der Waals surface area contributed by atoms with Gasteiger partial charge in [0.05, 0.1) is 22.9 Å². The molecule has 0 saturated carbocycles. The smallest absolute Gasteiger partial charge is 0.261 e. The van der Waals surface area contributed by atoms with Crippen LogP contribution in [-0.2, 0) is 11.3 Å². The molecular weight excluding hydrogens is 394 g/mol. The van der Waals surface area contributed by atoms with Gasteiger partial charge in [0.2, 0.25) is 5.91 Å². The number of amides is 1. The minimum atomic E-state index is -0.309. The number of benzene rings is 2. The minimum Gasteiger partial charge on any atom is -0.324 e.